The summed E-state index contributed by atoms with van der Waals surface area (Å²) in [6.45, 7) is 5.59. The molecule has 0 saturated heterocycles. The average molecular weight is 275 g/mol. The summed E-state index contributed by atoms with van der Waals surface area (Å²) < 4.78 is 5.23. The van der Waals surface area contributed by atoms with E-state index in [9.17, 15) is 14.7 Å². The molecule has 0 spiro atoms. The summed E-state index contributed by atoms with van der Waals surface area (Å²) in [5.74, 6) is -0.657. The lowest BCUT2D eigenvalue weighted by Crippen LogP contribution is -2.21. The normalized spacial score (nSPS) is 11.1. The van der Waals surface area contributed by atoms with Crippen LogP contribution in [0.5, 0.6) is 5.75 Å². The molecular formula is C15H17NO4. The number of rotatable bonds is 3. The number of pyridine rings is 1. The van der Waals surface area contributed by atoms with Crippen LogP contribution in [-0.2, 0) is 0 Å². The SMILES string of the molecule is COc1cc(C)c2[nH]c(=O)c(C(=O)O)c(C(C)C)c2c1. The van der Waals surface area contributed by atoms with Crippen LogP contribution in [-0.4, -0.2) is 23.2 Å². The van der Waals surface area contributed by atoms with E-state index in [0.717, 1.165) is 5.56 Å². The van der Waals surface area contributed by atoms with Gasteiger partial charge in [0.05, 0.1) is 12.6 Å². The van der Waals surface area contributed by atoms with Crippen molar-refractivity contribution in [3.05, 3.63) is 39.2 Å². The largest absolute Gasteiger partial charge is 0.497 e. The third-order valence-electron chi connectivity index (χ3n) is 3.36. The number of ether oxygens (including phenoxy) is 1. The molecule has 5 heteroatoms. The fraction of sp³-hybridized carbons (Fsp3) is 0.333. The second-order valence-corrected chi connectivity index (χ2v) is 5.07. The van der Waals surface area contributed by atoms with Crippen molar-refractivity contribution < 1.29 is 14.6 Å². The van der Waals surface area contributed by atoms with Gasteiger partial charge in [0.15, 0.2) is 0 Å². The molecule has 0 aliphatic carbocycles. The molecule has 5 nitrogen and oxygen atoms in total. The number of hydrogen-bond donors (Lipinski definition) is 2. The monoisotopic (exact) mass is 275 g/mol. The Morgan fingerprint density at radius 1 is 1.35 bits per heavy atom. The maximum atomic E-state index is 12.0. The molecule has 1 aromatic carbocycles. The Labute approximate surface area is 116 Å². The van der Waals surface area contributed by atoms with Crippen LogP contribution in [0.25, 0.3) is 10.9 Å². The van der Waals surface area contributed by atoms with Gasteiger partial charge in [-0.25, -0.2) is 4.79 Å². The molecular weight excluding hydrogens is 258 g/mol. The Balaban J connectivity index is 3.04. The van der Waals surface area contributed by atoms with E-state index in [2.05, 4.69) is 4.98 Å². The minimum atomic E-state index is -1.21. The number of carboxylic acids is 1. The van der Waals surface area contributed by atoms with E-state index in [1.54, 1.807) is 13.2 Å². The molecule has 2 aromatic rings. The minimum absolute atomic E-state index is 0.0857. The number of aromatic carboxylic acids is 1. The van der Waals surface area contributed by atoms with Crippen LogP contribution in [0.2, 0.25) is 0 Å². The van der Waals surface area contributed by atoms with Crippen molar-refractivity contribution in [3.63, 3.8) is 0 Å². The Kier molecular flexibility index (Phi) is 3.53. The molecule has 0 radical (unpaired) electrons. The molecule has 0 atom stereocenters. The second-order valence-electron chi connectivity index (χ2n) is 5.07. The van der Waals surface area contributed by atoms with Gasteiger partial charge in [-0.2, -0.15) is 0 Å². The van der Waals surface area contributed by atoms with Crippen LogP contribution >= 0.6 is 0 Å². The number of benzene rings is 1. The van der Waals surface area contributed by atoms with Gasteiger partial charge in [0, 0.05) is 5.39 Å². The molecule has 2 rings (SSSR count). The third-order valence-corrected chi connectivity index (χ3v) is 3.36. The number of H-pyrrole nitrogens is 1. The lowest BCUT2D eigenvalue weighted by atomic mass is 9.92. The fourth-order valence-corrected chi connectivity index (χ4v) is 2.50. The number of aromatic amines is 1. The van der Waals surface area contributed by atoms with Crippen molar-refractivity contribution in [2.24, 2.45) is 0 Å². The van der Waals surface area contributed by atoms with Crippen molar-refractivity contribution in [2.45, 2.75) is 26.7 Å². The van der Waals surface area contributed by atoms with Crippen LogP contribution in [0.3, 0.4) is 0 Å². The first-order chi connectivity index (χ1) is 9.36. The lowest BCUT2D eigenvalue weighted by molar-refractivity contribution is 0.0693. The minimum Gasteiger partial charge on any atom is -0.497 e. The Morgan fingerprint density at radius 3 is 2.50 bits per heavy atom. The smallest absolute Gasteiger partial charge is 0.341 e. The first-order valence-corrected chi connectivity index (χ1v) is 6.34. The predicted octanol–water partition coefficient (Wildman–Crippen LogP) is 2.67. The Bertz CT molecular complexity index is 744. The maximum absolute atomic E-state index is 12.0. The van der Waals surface area contributed by atoms with E-state index < -0.39 is 11.5 Å². The summed E-state index contributed by atoms with van der Waals surface area (Å²) in [6, 6.07) is 3.57. The highest BCUT2D eigenvalue weighted by Crippen LogP contribution is 2.31. The van der Waals surface area contributed by atoms with Crippen molar-refractivity contribution in [3.8, 4) is 5.75 Å². The van der Waals surface area contributed by atoms with Gasteiger partial charge in [0.25, 0.3) is 5.56 Å². The van der Waals surface area contributed by atoms with E-state index in [-0.39, 0.29) is 11.5 Å². The standard InChI is InChI=1S/C15H17NO4/c1-7(2)11-10-6-9(20-4)5-8(3)13(10)16-14(17)12(11)15(18)19/h5-7H,1-4H3,(H,16,17)(H,18,19). The molecule has 0 saturated carbocycles. The van der Waals surface area contributed by atoms with Gasteiger partial charge in [0.2, 0.25) is 0 Å². The van der Waals surface area contributed by atoms with Crippen LogP contribution in [0.15, 0.2) is 16.9 Å². The topological polar surface area (TPSA) is 79.4 Å². The van der Waals surface area contributed by atoms with E-state index in [4.69, 9.17) is 4.74 Å². The van der Waals surface area contributed by atoms with Crippen LogP contribution < -0.4 is 10.3 Å². The number of aryl methyl sites for hydroxylation is 1. The number of nitrogens with one attached hydrogen (secondary N) is 1. The number of carboxylic acid groups (broad SMARTS) is 1. The maximum Gasteiger partial charge on any atom is 0.341 e. The highest BCUT2D eigenvalue weighted by atomic mass is 16.5. The molecule has 0 aliphatic heterocycles. The van der Waals surface area contributed by atoms with Gasteiger partial charge in [-0.1, -0.05) is 13.8 Å². The Hall–Kier alpha value is -2.30. The average Bonchev–Trinajstić information content (AvgIpc) is 2.37. The van der Waals surface area contributed by atoms with Crippen LogP contribution in [0, 0.1) is 6.92 Å². The van der Waals surface area contributed by atoms with Gasteiger partial charge >= 0.3 is 5.97 Å². The molecule has 20 heavy (non-hydrogen) atoms. The molecule has 0 amide bonds. The van der Waals surface area contributed by atoms with E-state index in [1.807, 2.05) is 26.8 Å². The predicted molar refractivity (Wildman–Crippen MR) is 76.9 cm³/mol. The van der Waals surface area contributed by atoms with Crippen LogP contribution in [0.1, 0.15) is 41.3 Å². The zero-order valence-electron chi connectivity index (χ0n) is 11.9. The first-order valence-electron chi connectivity index (χ1n) is 6.34. The summed E-state index contributed by atoms with van der Waals surface area (Å²) in [4.78, 5) is 26.1. The highest BCUT2D eigenvalue weighted by Gasteiger charge is 2.21. The van der Waals surface area contributed by atoms with Crippen LogP contribution in [0.4, 0.5) is 0 Å². The summed E-state index contributed by atoms with van der Waals surface area (Å²) in [5, 5.41) is 10.0. The first kappa shape index (κ1) is 14.1. The molecule has 2 N–H and O–H groups in total. The molecule has 0 bridgehead atoms. The van der Waals surface area contributed by atoms with E-state index >= 15 is 0 Å². The highest BCUT2D eigenvalue weighted by molar-refractivity contribution is 5.97. The third kappa shape index (κ3) is 2.15. The summed E-state index contributed by atoms with van der Waals surface area (Å²) >= 11 is 0. The zero-order chi connectivity index (χ0) is 15.0. The number of methoxy groups -OCH3 is 1. The molecule has 0 unspecified atom stereocenters. The number of aromatic nitrogens is 1. The Morgan fingerprint density at radius 2 is 2.00 bits per heavy atom. The molecule has 0 aliphatic rings. The number of hydrogen-bond acceptors (Lipinski definition) is 3. The van der Waals surface area contributed by atoms with Gasteiger partial charge in [-0.05, 0) is 36.1 Å². The molecule has 1 aromatic heterocycles. The van der Waals surface area contributed by atoms with Crippen molar-refractivity contribution in [1.82, 2.24) is 4.98 Å². The van der Waals surface area contributed by atoms with Crippen molar-refractivity contribution in [1.29, 1.82) is 0 Å². The van der Waals surface area contributed by atoms with Gasteiger partial charge < -0.3 is 14.8 Å². The molecule has 0 fully saturated rings. The summed E-state index contributed by atoms with van der Waals surface area (Å²) in [6.07, 6.45) is 0. The van der Waals surface area contributed by atoms with E-state index in [1.165, 1.54) is 0 Å². The number of fused-ring (bicyclic) bond motifs is 1. The summed E-state index contributed by atoms with van der Waals surface area (Å²) in [5.41, 5.74) is 1.28. The zero-order valence-corrected chi connectivity index (χ0v) is 11.9. The molecule has 106 valence electrons. The van der Waals surface area contributed by atoms with Gasteiger partial charge in [-0.15, -0.1) is 0 Å². The van der Waals surface area contributed by atoms with E-state index in [0.29, 0.717) is 22.2 Å². The van der Waals surface area contributed by atoms with Gasteiger partial charge in [-0.3, -0.25) is 4.79 Å². The second kappa shape index (κ2) is 5.00. The number of carbonyl (C=O) groups is 1. The van der Waals surface area contributed by atoms with Crippen molar-refractivity contribution in [2.75, 3.05) is 7.11 Å². The fourth-order valence-electron chi connectivity index (χ4n) is 2.50. The van der Waals surface area contributed by atoms with Gasteiger partial charge in [0.1, 0.15) is 11.3 Å². The lowest BCUT2D eigenvalue weighted by Gasteiger charge is -2.15. The van der Waals surface area contributed by atoms with Crippen molar-refractivity contribution >= 4 is 16.9 Å². The quantitative estimate of drug-likeness (QED) is 0.902. The molecule has 1 heterocycles. The summed E-state index contributed by atoms with van der Waals surface area (Å²) in [7, 11) is 1.56.